The molecule has 4 aliphatic rings. The molecule has 0 aromatic heterocycles. The van der Waals surface area contributed by atoms with E-state index in [1.54, 1.807) is 0 Å². The fourth-order valence-electron chi connectivity index (χ4n) is 10.6. The number of amides is 1. The lowest BCUT2D eigenvalue weighted by molar-refractivity contribution is -0.369. The van der Waals surface area contributed by atoms with Gasteiger partial charge in [0.2, 0.25) is 24.2 Å². The van der Waals surface area contributed by atoms with Gasteiger partial charge in [-0.15, -0.1) is 0 Å². The number of ether oxygens (including phenoxy) is 11. The van der Waals surface area contributed by atoms with Crippen LogP contribution in [0.4, 0.5) is 0 Å². The molecule has 0 spiro atoms. The molecule has 0 unspecified atom stereocenters. The van der Waals surface area contributed by atoms with Crippen molar-refractivity contribution in [3.05, 3.63) is 185 Å². The molecule has 6 aromatic rings. The van der Waals surface area contributed by atoms with Crippen LogP contribution in [0, 0.1) is 11.8 Å². The minimum Gasteiger partial charge on any atom is -0.493 e. The molecule has 6 aromatic carbocycles. The zero-order chi connectivity index (χ0) is 50.3. The van der Waals surface area contributed by atoms with E-state index in [2.05, 4.69) is 5.32 Å². The van der Waals surface area contributed by atoms with Crippen molar-refractivity contribution in [2.75, 3.05) is 41.3 Å². The van der Waals surface area contributed by atoms with Crippen LogP contribution in [-0.4, -0.2) is 88.5 Å². The summed E-state index contributed by atoms with van der Waals surface area (Å²) >= 11 is 0. The summed E-state index contributed by atoms with van der Waals surface area (Å²) in [5.41, 5.74) is 5.61. The Morgan fingerprint density at radius 3 is 1.71 bits per heavy atom. The summed E-state index contributed by atoms with van der Waals surface area (Å²) in [5, 5.41) is 16.5. The van der Waals surface area contributed by atoms with E-state index in [-0.39, 0.29) is 46.4 Å². The number of benzene rings is 6. The molecule has 3 heterocycles. The van der Waals surface area contributed by atoms with Gasteiger partial charge in [0.25, 0.3) is 0 Å². The Hall–Kier alpha value is -6.98. The number of nitrogens with one attached hydrogen (secondary N) is 1. The quantitative estimate of drug-likeness (QED) is 0.0707. The van der Waals surface area contributed by atoms with Crippen LogP contribution < -0.4 is 29.0 Å². The first-order valence-corrected chi connectivity index (χ1v) is 24.4. The average Bonchev–Trinajstić information content (AvgIpc) is 4.05. The van der Waals surface area contributed by atoms with Gasteiger partial charge in [-0.25, -0.2) is 0 Å². The molecule has 1 amide bonds. The first-order chi connectivity index (χ1) is 35.7. The Bertz CT molecular complexity index is 2790. The largest absolute Gasteiger partial charge is 0.493 e. The van der Waals surface area contributed by atoms with Gasteiger partial charge in [0.05, 0.1) is 79.4 Å². The number of methoxy groups -OCH3 is 3. The molecule has 15 nitrogen and oxygen atoms in total. The van der Waals surface area contributed by atoms with Crippen molar-refractivity contribution in [3.8, 4) is 28.7 Å². The maximum absolute atomic E-state index is 15.2. The predicted octanol–water partition coefficient (Wildman–Crippen LogP) is 7.98. The number of carbonyl (C=O) groups is 2. The molecule has 0 bridgehead atoms. The van der Waals surface area contributed by atoms with E-state index in [4.69, 9.17) is 52.1 Å². The van der Waals surface area contributed by atoms with Gasteiger partial charge >= 0.3 is 5.97 Å². The third-order valence-electron chi connectivity index (χ3n) is 14.0. The zero-order valence-corrected chi connectivity index (χ0v) is 40.9. The van der Waals surface area contributed by atoms with E-state index in [9.17, 15) is 9.90 Å². The van der Waals surface area contributed by atoms with Gasteiger partial charge in [-0.1, -0.05) is 121 Å². The highest BCUT2D eigenvalue weighted by atomic mass is 16.7. The predicted molar refractivity (Wildman–Crippen MR) is 265 cm³/mol. The van der Waals surface area contributed by atoms with Crippen molar-refractivity contribution in [1.29, 1.82) is 0 Å². The standard InChI is InChI=1S/C58H59NO14/c1-63-46-24-40(25-47(64-2)53(46)65-3)50-41-26-44-45(72-35-71-44)27-42(41)52(43-33-70-57(61)51(43)50)59-49(60)28-58(62)56(69-32-39-22-14-7-15-23-39)55(68-31-38-20-12-6-13-21-38)54(67-30-37-18-10-5-11-19-37)48(73-58)34-66-29-36-16-8-4-9-17-36/h4-27,43,48,50-52,54-56,62H,28-35H2,1-3H3,(H,59,60)/t43-,48+,50+,51-,52+,54-,55-,56+,58-/m0/s1. The summed E-state index contributed by atoms with van der Waals surface area (Å²) in [6.45, 7) is 0.550. The van der Waals surface area contributed by atoms with Gasteiger partial charge in [-0.05, 0) is 63.2 Å². The van der Waals surface area contributed by atoms with Gasteiger partial charge in [0.15, 0.2) is 23.0 Å². The number of hydrogen-bond donors (Lipinski definition) is 2. The van der Waals surface area contributed by atoms with Crippen molar-refractivity contribution in [3.63, 3.8) is 0 Å². The molecule has 2 fully saturated rings. The fraction of sp³-hybridized carbons (Fsp3) is 0.345. The maximum atomic E-state index is 15.2. The second kappa shape index (κ2) is 22.4. The van der Waals surface area contributed by atoms with E-state index < -0.39 is 72.3 Å². The van der Waals surface area contributed by atoms with Crippen LogP contribution in [0.15, 0.2) is 146 Å². The Labute approximate surface area is 424 Å². The number of fused-ring (bicyclic) bond motifs is 3. The van der Waals surface area contributed by atoms with Crippen LogP contribution in [-0.2, 0) is 64.4 Å². The van der Waals surface area contributed by atoms with Crippen LogP contribution >= 0.6 is 0 Å². The van der Waals surface area contributed by atoms with E-state index in [1.165, 1.54) is 21.3 Å². The number of hydrogen-bond acceptors (Lipinski definition) is 14. The second-order valence-electron chi connectivity index (χ2n) is 18.6. The summed E-state index contributed by atoms with van der Waals surface area (Å²) < 4.78 is 68.4. The van der Waals surface area contributed by atoms with E-state index in [0.29, 0.717) is 45.4 Å². The van der Waals surface area contributed by atoms with Crippen molar-refractivity contribution >= 4 is 11.9 Å². The zero-order valence-electron chi connectivity index (χ0n) is 40.9. The molecular formula is C58H59NO14. The highest BCUT2D eigenvalue weighted by Gasteiger charge is 2.58. The summed E-state index contributed by atoms with van der Waals surface area (Å²) in [4.78, 5) is 29.2. The Kier molecular flexibility index (Phi) is 15.2. The van der Waals surface area contributed by atoms with Crippen molar-refractivity contribution in [2.24, 2.45) is 11.8 Å². The molecule has 2 saturated heterocycles. The molecule has 9 atom stereocenters. The number of carbonyl (C=O) groups excluding carboxylic acids is 2. The number of aliphatic hydroxyl groups is 1. The third kappa shape index (κ3) is 10.7. The van der Waals surface area contributed by atoms with E-state index in [1.807, 2.05) is 146 Å². The lowest BCUT2D eigenvalue weighted by Crippen LogP contribution is -2.68. The highest BCUT2D eigenvalue weighted by molar-refractivity contribution is 5.81. The Morgan fingerprint density at radius 1 is 0.644 bits per heavy atom. The summed E-state index contributed by atoms with van der Waals surface area (Å²) in [6, 6.07) is 45.2. The summed E-state index contributed by atoms with van der Waals surface area (Å²) in [5.74, 6) is -3.13. The van der Waals surface area contributed by atoms with Crippen LogP contribution in [0.5, 0.6) is 28.7 Å². The molecule has 380 valence electrons. The first-order valence-electron chi connectivity index (χ1n) is 24.4. The molecule has 0 radical (unpaired) electrons. The summed E-state index contributed by atoms with van der Waals surface area (Å²) in [7, 11) is 4.59. The molecule has 10 rings (SSSR count). The van der Waals surface area contributed by atoms with E-state index >= 15 is 4.79 Å². The normalized spacial score (nSPS) is 24.7. The van der Waals surface area contributed by atoms with Crippen LogP contribution in [0.25, 0.3) is 0 Å². The minimum atomic E-state index is -2.33. The second-order valence-corrected chi connectivity index (χ2v) is 18.6. The molecule has 1 aliphatic carbocycles. The molecule has 2 N–H and O–H groups in total. The van der Waals surface area contributed by atoms with Gasteiger partial charge in [-0.2, -0.15) is 0 Å². The van der Waals surface area contributed by atoms with Gasteiger partial charge in [0.1, 0.15) is 24.4 Å². The third-order valence-corrected chi connectivity index (χ3v) is 14.0. The monoisotopic (exact) mass is 993 g/mol. The van der Waals surface area contributed by atoms with Crippen molar-refractivity contribution in [1.82, 2.24) is 5.32 Å². The van der Waals surface area contributed by atoms with Gasteiger partial charge < -0.3 is 62.5 Å². The van der Waals surface area contributed by atoms with Gasteiger partial charge in [0, 0.05) is 11.8 Å². The lowest BCUT2D eigenvalue weighted by atomic mass is 9.65. The van der Waals surface area contributed by atoms with Crippen LogP contribution in [0.1, 0.15) is 57.3 Å². The maximum Gasteiger partial charge on any atom is 0.310 e. The average molecular weight is 994 g/mol. The van der Waals surface area contributed by atoms with Crippen LogP contribution in [0.2, 0.25) is 0 Å². The van der Waals surface area contributed by atoms with E-state index in [0.717, 1.165) is 22.3 Å². The smallest absolute Gasteiger partial charge is 0.310 e. The Balaban J connectivity index is 1.02. The minimum absolute atomic E-state index is 0.00347. The van der Waals surface area contributed by atoms with Crippen molar-refractivity contribution in [2.45, 2.75) is 75.0 Å². The SMILES string of the molecule is COc1cc([C@@H]2c3cc4c(cc3[C@@H](NC(=O)C[C@]3(O)O[C@H](COCc5ccccc5)[C@H](OCc5ccccc5)[C@H](OCc5ccccc5)[C@H]3OCc3ccccc3)[C@H]3COC(=O)[C@H]23)OCO4)cc(OC)c1OC. The number of cyclic esters (lactones) is 1. The molecule has 15 heteroatoms. The number of esters is 1. The molecule has 3 aliphatic heterocycles. The Morgan fingerprint density at radius 2 is 1.16 bits per heavy atom. The molecular weight excluding hydrogens is 935 g/mol. The topological polar surface area (TPSA) is 168 Å². The summed E-state index contributed by atoms with van der Waals surface area (Å²) in [6.07, 6.45) is -4.76. The van der Waals surface area contributed by atoms with Crippen LogP contribution in [0.3, 0.4) is 0 Å². The highest BCUT2D eigenvalue weighted by Crippen LogP contribution is 2.56. The molecule has 0 saturated carbocycles. The lowest BCUT2D eigenvalue weighted by Gasteiger charge is -2.50. The van der Waals surface area contributed by atoms with Crippen molar-refractivity contribution < 1.29 is 66.8 Å². The van der Waals surface area contributed by atoms with Gasteiger partial charge in [-0.3, -0.25) is 9.59 Å². The fourth-order valence-corrected chi connectivity index (χ4v) is 10.6. The number of rotatable bonds is 20. The first kappa shape index (κ1) is 49.6. The molecule has 73 heavy (non-hydrogen) atoms.